The number of fused-ring (bicyclic) bond motifs is 6. The van der Waals surface area contributed by atoms with Gasteiger partial charge in [0.2, 0.25) is 0 Å². The first-order valence-electron chi connectivity index (χ1n) is 7.18. The molecule has 5 atom stereocenters. The van der Waals surface area contributed by atoms with E-state index in [1.54, 1.807) is 0 Å². The third kappa shape index (κ3) is 1.49. The van der Waals surface area contributed by atoms with Crippen LogP contribution >= 0.6 is 0 Å². The predicted molar refractivity (Wildman–Crippen MR) is 66.3 cm³/mol. The Morgan fingerprint density at radius 2 is 1.89 bits per heavy atom. The van der Waals surface area contributed by atoms with Gasteiger partial charge in [-0.15, -0.1) is 0 Å². The molecule has 0 radical (unpaired) electrons. The molecule has 2 aliphatic carbocycles. The van der Waals surface area contributed by atoms with E-state index >= 15 is 0 Å². The molecule has 1 saturated heterocycles. The van der Waals surface area contributed by atoms with Crippen molar-refractivity contribution in [2.75, 3.05) is 7.11 Å². The number of ether oxygens (including phenoxy) is 2. The monoisotopic (exact) mass is 262 g/mol. The van der Waals surface area contributed by atoms with Crippen molar-refractivity contribution in [3.8, 4) is 0 Å². The molecule has 0 N–H and O–H groups in total. The van der Waals surface area contributed by atoms with Crippen molar-refractivity contribution in [3.05, 3.63) is 11.1 Å². The summed E-state index contributed by atoms with van der Waals surface area (Å²) in [6.45, 7) is 0. The van der Waals surface area contributed by atoms with E-state index in [2.05, 4.69) is 0 Å². The van der Waals surface area contributed by atoms with Gasteiger partial charge in [0, 0.05) is 11.8 Å². The number of hydrogen-bond donors (Lipinski definition) is 0. The molecule has 4 bridgehead atoms. The molecular weight excluding hydrogens is 244 g/mol. The second-order valence-electron chi connectivity index (χ2n) is 6.24. The Hall–Kier alpha value is -1.16. The number of ketones is 1. The van der Waals surface area contributed by atoms with E-state index in [4.69, 9.17) is 9.47 Å². The van der Waals surface area contributed by atoms with Crippen LogP contribution in [0.25, 0.3) is 0 Å². The highest BCUT2D eigenvalue weighted by molar-refractivity contribution is 5.87. The smallest absolute Gasteiger partial charge is 0.311 e. The third-order valence-corrected chi connectivity index (χ3v) is 5.39. The highest BCUT2D eigenvalue weighted by atomic mass is 16.5. The molecule has 2 aliphatic heterocycles. The van der Waals surface area contributed by atoms with E-state index in [9.17, 15) is 9.59 Å². The minimum atomic E-state index is -0.167. The molecule has 4 nitrogen and oxygen atoms in total. The fraction of sp³-hybridized carbons (Fsp3) is 0.733. The van der Waals surface area contributed by atoms with Crippen molar-refractivity contribution >= 4 is 11.8 Å². The van der Waals surface area contributed by atoms with Crippen molar-refractivity contribution in [2.45, 2.75) is 44.3 Å². The van der Waals surface area contributed by atoms with Gasteiger partial charge in [0.15, 0.2) is 0 Å². The van der Waals surface area contributed by atoms with Crippen LogP contribution in [0.2, 0.25) is 0 Å². The zero-order valence-electron chi connectivity index (χ0n) is 11.1. The Labute approximate surface area is 112 Å². The molecule has 2 heterocycles. The van der Waals surface area contributed by atoms with E-state index in [1.807, 2.05) is 0 Å². The van der Waals surface area contributed by atoms with Gasteiger partial charge in [-0.25, -0.2) is 0 Å². The molecule has 19 heavy (non-hydrogen) atoms. The van der Waals surface area contributed by atoms with Crippen LogP contribution < -0.4 is 0 Å². The topological polar surface area (TPSA) is 52.6 Å². The SMILES string of the molecule is COC(=O)[C@H]1C[C@H]2O[C@@H]1C1=C2C[C@H]2CC[C@@H](C1)C2=O. The Balaban J connectivity index is 1.67. The molecule has 4 heteroatoms. The minimum absolute atomic E-state index is 0.0660. The summed E-state index contributed by atoms with van der Waals surface area (Å²) in [4.78, 5) is 24.0. The average molecular weight is 262 g/mol. The Morgan fingerprint density at radius 3 is 2.58 bits per heavy atom. The lowest BCUT2D eigenvalue weighted by molar-refractivity contribution is -0.146. The average Bonchev–Trinajstić information content (AvgIpc) is 3.01. The van der Waals surface area contributed by atoms with E-state index in [0.717, 1.165) is 32.1 Å². The highest BCUT2D eigenvalue weighted by Gasteiger charge is 2.53. The van der Waals surface area contributed by atoms with Crippen LogP contribution in [-0.4, -0.2) is 31.1 Å². The van der Waals surface area contributed by atoms with Gasteiger partial charge in [0.05, 0.1) is 25.2 Å². The summed E-state index contributed by atoms with van der Waals surface area (Å²) >= 11 is 0. The molecule has 0 unspecified atom stereocenters. The van der Waals surface area contributed by atoms with Gasteiger partial charge in [-0.3, -0.25) is 9.59 Å². The van der Waals surface area contributed by atoms with Gasteiger partial charge in [-0.1, -0.05) is 0 Å². The normalized spacial score (nSPS) is 43.4. The van der Waals surface area contributed by atoms with Gasteiger partial charge in [0.1, 0.15) is 5.78 Å². The minimum Gasteiger partial charge on any atom is -0.469 e. The molecular formula is C15H18O4. The summed E-state index contributed by atoms with van der Waals surface area (Å²) < 4.78 is 10.9. The van der Waals surface area contributed by atoms with Crippen molar-refractivity contribution in [2.24, 2.45) is 17.8 Å². The molecule has 4 aliphatic rings. The van der Waals surface area contributed by atoms with Crippen LogP contribution in [0.3, 0.4) is 0 Å². The Morgan fingerprint density at radius 1 is 1.21 bits per heavy atom. The zero-order valence-corrected chi connectivity index (χ0v) is 11.1. The fourth-order valence-electron chi connectivity index (χ4n) is 4.46. The molecule has 0 amide bonds. The maximum atomic E-state index is 12.2. The predicted octanol–water partition coefficient (Wildman–Crippen LogP) is 1.63. The van der Waals surface area contributed by atoms with Gasteiger partial charge in [0.25, 0.3) is 0 Å². The first-order chi connectivity index (χ1) is 9.19. The first-order valence-corrected chi connectivity index (χ1v) is 7.18. The van der Waals surface area contributed by atoms with Crippen LogP contribution in [0.1, 0.15) is 32.1 Å². The van der Waals surface area contributed by atoms with Crippen LogP contribution in [0.4, 0.5) is 0 Å². The summed E-state index contributed by atoms with van der Waals surface area (Å²) in [6.07, 6.45) is 4.44. The number of carbonyl (C=O) groups is 2. The number of rotatable bonds is 1. The number of esters is 1. The first kappa shape index (κ1) is 11.6. The number of carbonyl (C=O) groups excluding carboxylic acids is 2. The molecule has 1 saturated carbocycles. The lowest BCUT2D eigenvalue weighted by Crippen LogP contribution is -2.29. The number of methoxy groups -OCH3 is 1. The second-order valence-corrected chi connectivity index (χ2v) is 6.24. The van der Waals surface area contributed by atoms with Crippen molar-refractivity contribution in [1.29, 1.82) is 0 Å². The van der Waals surface area contributed by atoms with Gasteiger partial charge in [-0.2, -0.15) is 0 Å². The maximum Gasteiger partial charge on any atom is 0.311 e. The molecule has 102 valence electrons. The van der Waals surface area contributed by atoms with Gasteiger partial charge < -0.3 is 9.47 Å². The standard InChI is InChI=1S/C15H18O4/c1-18-15(17)11-6-12-9-4-7-2-3-8(13(7)16)5-10(9)14(11)19-12/h7-8,11-12,14H,2-6H2,1H3/t7-,8+,11+,12-,14-/m1/s1. The molecule has 0 aromatic heterocycles. The van der Waals surface area contributed by atoms with Crippen LogP contribution in [0.5, 0.6) is 0 Å². The van der Waals surface area contributed by atoms with Gasteiger partial charge >= 0.3 is 5.97 Å². The number of hydrogen-bond acceptors (Lipinski definition) is 4. The lowest BCUT2D eigenvalue weighted by atomic mass is 9.79. The summed E-state index contributed by atoms with van der Waals surface area (Å²) in [5.41, 5.74) is 2.60. The number of Topliss-reactive ketones (excluding diaryl/α,β-unsaturated/α-hetero) is 1. The largest absolute Gasteiger partial charge is 0.469 e. The third-order valence-electron chi connectivity index (χ3n) is 5.39. The molecule has 4 rings (SSSR count). The van der Waals surface area contributed by atoms with E-state index in [0.29, 0.717) is 5.78 Å². The Kier molecular flexibility index (Phi) is 2.40. The van der Waals surface area contributed by atoms with Crippen molar-refractivity contribution in [1.82, 2.24) is 0 Å². The zero-order chi connectivity index (χ0) is 13.1. The molecule has 0 aromatic carbocycles. The Bertz CT molecular complexity index is 492. The van der Waals surface area contributed by atoms with E-state index in [1.165, 1.54) is 18.3 Å². The van der Waals surface area contributed by atoms with E-state index < -0.39 is 0 Å². The highest BCUT2D eigenvalue weighted by Crippen LogP contribution is 2.52. The van der Waals surface area contributed by atoms with Crippen LogP contribution in [0.15, 0.2) is 11.1 Å². The van der Waals surface area contributed by atoms with Crippen molar-refractivity contribution in [3.63, 3.8) is 0 Å². The quantitative estimate of drug-likeness (QED) is 0.532. The van der Waals surface area contributed by atoms with Crippen LogP contribution in [0, 0.1) is 17.8 Å². The summed E-state index contributed by atoms with van der Waals surface area (Å²) in [5, 5.41) is 0. The second kappa shape index (κ2) is 3.92. The van der Waals surface area contributed by atoms with Gasteiger partial charge in [-0.05, 0) is 43.3 Å². The lowest BCUT2D eigenvalue weighted by Gasteiger charge is -2.23. The van der Waals surface area contributed by atoms with E-state index in [-0.39, 0.29) is 35.9 Å². The van der Waals surface area contributed by atoms with Crippen molar-refractivity contribution < 1.29 is 19.1 Å². The summed E-state index contributed by atoms with van der Waals surface area (Å²) in [5.74, 6) is 0.527. The fourth-order valence-corrected chi connectivity index (χ4v) is 4.46. The van der Waals surface area contributed by atoms with Crippen LogP contribution in [-0.2, 0) is 19.1 Å². The molecule has 0 spiro atoms. The molecule has 2 fully saturated rings. The maximum absolute atomic E-state index is 12.2. The summed E-state index contributed by atoms with van der Waals surface area (Å²) in [6, 6.07) is 0. The summed E-state index contributed by atoms with van der Waals surface area (Å²) in [7, 11) is 1.43. The molecule has 0 aromatic rings.